The molecule has 3 aromatic rings. The summed E-state index contributed by atoms with van der Waals surface area (Å²) in [4.78, 5) is 26.3. The van der Waals surface area contributed by atoms with E-state index in [1.54, 1.807) is 30.3 Å². The van der Waals surface area contributed by atoms with E-state index in [1.807, 2.05) is 48.5 Å². The molecule has 2 amide bonds. The number of halogens is 1. The third-order valence-corrected chi connectivity index (χ3v) is 5.01. The zero-order valence-corrected chi connectivity index (χ0v) is 15.9. The van der Waals surface area contributed by atoms with Crippen LogP contribution in [0.25, 0.3) is 0 Å². The van der Waals surface area contributed by atoms with Gasteiger partial charge in [0.2, 0.25) is 0 Å². The summed E-state index contributed by atoms with van der Waals surface area (Å²) in [5.41, 5.74) is 1.46. The molecule has 0 aliphatic rings. The van der Waals surface area contributed by atoms with Gasteiger partial charge < -0.3 is 10.6 Å². The number of benzene rings is 3. The molecule has 27 heavy (non-hydrogen) atoms. The van der Waals surface area contributed by atoms with Crippen molar-refractivity contribution in [2.24, 2.45) is 0 Å². The summed E-state index contributed by atoms with van der Waals surface area (Å²) < 4.78 is 0. The monoisotopic (exact) mass is 396 g/mol. The zero-order valence-electron chi connectivity index (χ0n) is 14.3. The fourth-order valence-corrected chi connectivity index (χ4v) is 3.37. The van der Waals surface area contributed by atoms with E-state index < -0.39 is 11.8 Å². The number of anilines is 1. The van der Waals surface area contributed by atoms with Crippen molar-refractivity contribution in [1.82, 2.24) is 5.32 Å². The number of rotatable bonds is 5. The van der Waals surface area contributed by atoms with Crippen LogP contribution in [-0.2, 0) is 16.1 Å². The minimum atomic E-state index is -0.704. The van der Waals surface area contributed by atoms with E-state index in [4.69, 9.17) is 11.6 Å². The molecule has 0 unspecified atom stereocenters. The van der Waals surface area contributed by atoms with Crippen LogP contribution in [0.1, 0.15) is 5.56 Å². The lowest BCUT2D eigenvalue weighted by molar-refractivity contribution is -0.136. The van der Waals surface area contributed by atoms with Crippen LogP contribution in [0.2, 0.25) is 5.02 Å². The summed E-state index contributed by atoms with van der Waals surface area (Å²) in [5, 5.41) is 5.91. The number of para-hydroxylation sites is 1. The Morgan fingerprint density at radius 3 is 2.22 bits per heavy atom. The van der Waals surface area contributed by atoms with Crippen LogP contribution in [-0.4, -0.2) is 11.8 Å². The first-order valence-corrected chi connectivity index (χ1v) is 9.47. The number of carbonyl (C=O) groups excluding carboxylic acids is 2. The molecular formula is C21H17ClN2O2S. The molecule has 4 nitrogen and oxygen atoms in total. The van der Waals surface area contributed by atoms with Gasteiger partial charge in [-0.2, -0.15) is 0 Å². The highest BCUT2D eigenvalue weighted by molar-refractivity contribution is 7.99. The second-order valence-electron chi connectivity index (χ2n) is 5.67. The largest absolute Gasteiger partial charge is 0.344 e. The van der Waals surface area contributed by atoms with E-state index in [1.165, 1.54) is 11.8 Å². The molecule has 0 atom stereocenters. The van der Waals surface area contributed by atoms with Crippen LogP contribution in [0, 0.1) is 0 Å². The second-order valence-corrected chi connectivity index (χ2v) is 7.23. The quantitative estimate of drug-likeness (QED) is 0.612. The van der Waals surface area contributed by atoms with Gasteiger partial charge >= 0.3 is 11.8 Å². The van der Waals surface area contributed by atoms with Crippen LogP contribution >= 0.6 is 23.4 Å². The lowest BCUT2D eigenvalue weighted by atomic mass is 10.2. The van der Waals surface area contributed by atoms with Gasteiger partial charge in [0.1, 0.15) is 0 Å². The average Bonchev–Trinajstić information content (AvgIpc) is 2.69. The van der Waals surface area contributed by atoms with E-state index in [9.17, 15) is 9.59 Å². The number of carbonyl (C=O) groups is 2. The van der Waals surface area contributed by atoms with Crippen LogP contribution in [0.15, 0.2) is 88.7 Å². The van der Waals surface area contributed by atoms with E-state index in [-0.39, 0.29) is 6.54 Å². The van der Waals surface area contributed by atoms with Crippen molar-refractivity contribution in [3.05, 3.63) is 89.4 Å². The minimum Gasteiger partial charge on any atom is -0.344 e. The summed E-state index contributed by atoms with van der Waals surface area (Å²) in [5.74, 6) is -1.39. The standard InChI is InChI=1S/C21H17ClN2O2S/c22-16-12-10-15(11-13-16)14-23-20(25)21(26)24-18-8-4-5-9-19(18)27-17-6-2-1-3-7-17/h1-13H,14H2,(H,23,25)(H,24,26). The van der Waals surface area contributed by atoms with Gasteiger partial charge in [-0.05, 0) is 42.0 Å². The van der Waals surface area contributed by atoms with Crippen LogP contribution in [0.4, 0.5) is 5.69 Å². The number of hydrogen-bond acceptors (Lipinski definition) is 3. The third kappa shape index (κ3) is 5.61. The van der Waals surface area contributed by atoms with Crippen LogP contribution < -0.4 is 10.6 Å². The fourth-order valence-electron chi connectivity index (χ4n) is 2.32. The molecule has 0 saturated heterocycles. The maximum atomic E-state index is 12.2. The Hall–Kier alpha value is -2.76. The molecule has 0 heterocycles. The molecule has 6 heteroatoms. The van der Waals surface area contributed by atoms with Gasteiger partial charge in [0.25, 0.3) is 0 Å². The smallest absolute Gasteiger partial charge is 0.313 e. The minimum absolute atomic E-state index is 0.254. The van der Waals surface area contributed by atoms with Crippen molar-refractivity contribution in [3.8, 4) is 0 Å². The van der Waals surface area contributed by atoms with Crippen LogP contribution in [0.3, 0.4) is 0 Å². The lowest BCUT2D eigenvalue weighted by Gasteiger charge is -2.11. The molecule has 0 aromatic heterocycles. The topological polar surface area (TPSA) is 58.2 Å². The molecule has 0 bridgehead atoms. The summed E-state index contributed by atoms with van der Waals surface area (Å²) in [7, 11) is 0. The van der Waals surface area contributed by atoms with E-state index in [0.29, 0.717) is 10.7 Å². The average molecular weight is 397 g/mol. The highest BCUT2D eigenvalue weighted by atomic mass is 35.5. The van der Waals surface area contributed by atoms with Gasteiger partial charge in [0.15, 0.2) is 0 Å². The molecule has 0 saturated carbocycles. The summed E-state index contributed by atoms with van der Waals surface area (Å²) in [6, 6.07) is 24.3. The van der Waals surface area contributed by atoms with E-state index in [2.05, 4.69) is 10.6 Å². The number of amides is 2. The van der Waals surface area contributed by atoms with Crippen molar-refractivity contribution in [2.75, 3.05) is 5.32 Å². The Morgan fingerprint density at radius 1 is 0.815 bits per heavy atom. The Morgan fingerprint density at radius 2 is 1.48 bits per heavy atom. The van der Waals surface area contributed by atoms with Crippen molar-refractivity contribution in [3.63, 3.8) is 0 Å². The maximum absolute atomic E-state index is 12.2. The molecular weight excluding hydrogens is 380 g/mol. The highest BCUT2D eigenvalue weighted by Gasteiger charge is 2.15. The van der Waals surface area contributed by atoms with E-state index >= 15 is 0 Å². The Labute approximate surface area is 166 Å². The van der Waals surface area contributed by atoms with Gasteiger partial charge in [-0.3, -0.25) is 9.59 Å². The molecule has 0 radical (unpaired) electrons. The second kappa shape index (κ2) is 9.26. The predicted molar refractivity (Wildman–Crippen MR) is 109 cm³/mol. The van der Waals surface area contributed by atoms with Gasteiger partial charge in [0, 0.05) is 21.4 Å². The Bertz CT molecular complexity index is 930. The van der Waals surface area contributed by atoms with Crippen LogP contribution in [0.5, 0.6) is 0 Å². The van der Waals surface area contributed by atoms with Crippen molar-refractivity contribution in [1.29, 1.82) is 0 Å². The number of nitrogens with one attached hydrogen (secondary N) is 2. The molecule has 2 N–H and O–H groups in total. The molecule has 0 fully saturated rings. The number of hydrogen-bond donors (Lipinski definition) is 2. The molecule has 0 aliphatic heterocycles. The fraction of sp³-hybridized carbons (Fsp3) is 0.0476. The maximum Gasteiger partial charge on any atom is 0.313 e. The first-order chi connectivity index (χ1) is 13.1. The van der Waals surface area contributed by atoms with Gasteiger partial charge in [0.05, 0.1) is 5.69 Å². The van der Waals surface area contributed by atoms with Crippen molar-refractivity contribution in [2.45, 2.75) is 16.3 Å². The summed E-state index contributed by atoms with van der Waals surface area (Å²) in [6.07, 6.45) is 0. The van der Waals surface area contributed by atoms with Crippen molar-refractivity contribution < 1.29 is 9.59 Å². The van der Waals surface area contributed by atoms with Gasteiger partial charge in [-0.1, -0.05) is 65.8 Å². The molecule has 3 rings (SSSR count). The molecule has 3 aromatic carbocycles. The highest BCUT2D eigenvalue weighted by Crippen LogP contribution is 2.33. The molecule has 0 aliphatic carbocycles. The Balaban J connectivity index is 1.61. The lowest BCUT2D eigenvalue weighted by Crippen LogP contribution is -2.35. The third-order valence-electron chi connectivity index (χ3n) is 3.68. The van der Waals surface area contributed by atoms with E-state index in [0.717, 1.165) is 15.4 Å². The molecule has 0 spiro atoms. The van der Waals surface area contributed by atoms with Gasteiger partial charge in [-0.25, -0.2) is 0 Å². The van der Waals surface area contributed by atoms with Crippen molar-refractivity contribution >= 4 is 40.9 Å². The normalized spacial score (nSPS) is 10.3. The zero-order chi connectivity index (χ0) is 19.1. The first-order valence-electron chi connectivity index (χ1n) is 8.27. The summed E-state index contributed by atoms with van der Waals surface area (Å²) >= 11 is 7.36. The SMILES string of the molecule is O=C(NCc1ccc(Cl)cc1)C(=O)Nc1ccccc1Sc1ccccc1. The predicted octanol–water partition coefficient (Wildman–Crippen LogP) is 4.75. The Kier molecular flexibility index (Phi) is 6.52. The first kappa shape index (κ1) is 19.0. The van der Waals surface area contributed by atoms with Gasteiger partial charge in [-0.15, -0.1) is 0 Å². The molecule has 136 valence electrons. The summed E-state index contributed by atoms with van der Waals surface area (Å²) in [6.45, 7) is 0.254.